The van der Waals surface area contributed by atoms with Crippen LogP contribution in [0.25, 0.3) is 0 Å². The van der Waals surface area contributed by atoms with Gasteiger partial charge in [0.15, 0.2) is 0 Å². The number of carbonyl (C=O) groups excluding carboxylic acids is 2. The first-order valence-electron chi connectivity index (χ1n) is 11.3. The molecule has 1 N–H and O–H groups in total. The molecule has 0 aliphatic rings. The number of benzene rings is 3. The summed E-state index contributed by atoms with van der Waals surface area (Å²) < 4.78 is 0. The molecule has 0 heterocycles. The Kier molecular flexibility index (Phi) is 8.61. The summed E-state index contributed by atoms with van der Waals surface area (Å²) in [7, 11) is 0. The van der Waals surface area contributed by atoms with Crippen LogP contribution in [0.5, 0.6) is 0 Å². The number of rotatable bonds is 10. The number of hydrogen-bond donors (Lipinski definition) is 1. The Hall–Kier alpha value is -3.40. The van der Waals surface area contributed by atoms with Crippen molar-refractivity contribution in [1.29, 1.82) is 0 Å². The van der Waals surface area contributed by atoms with Crippen LogP contribution in [0.1, 0.15) is 35.6 Å². The molecule has 0 aromatic heterocycles. The summed E-state index contributed by atoms with van der Waals surface area (Å²) in [5.74, 6) is -0.155. The van der Waals surface area contributed by atoms with Crippen LogP contribution < -0.4 is 5.32 Å². The number of nitrogens with one attached hydrogen (secondary N) is 1. The zero-order chi connectivity index (χ0) is 22.8. The maximum absolute atomic E-state index is 13.6. The maximum atomic E-state index is 13.6. The van der Waals surface area contributed by atoms with Crippen molar-refractivity contribution in [1.82, 2.24) is 10.2 Å². The fourth-order valence-corrected chi connectivity index (χ4v) is 3.76. The summed E-state index contributed by atoms with van der Waals surface area (Å²) in [4.78, 5) is 28.6. The van der Waals surface area contributed by atoms with Crippen LogP contribution >= 0.6 is 0 Å². The smallest absolute Gasteiger partial charge is 0.243 e. The minimum Gasteiger partial charge on any atom is -0.354 e. The summed E-state index contributed by atoms with van der Waals surface area (Å²) in [5, 5.41) is 3.02. The molecule has 166 valence electrons. The lowest BCUT2D eigenvalue weighted by Gasteiger charge is -2.32. The highest BCUT2D eigenvalue weighted by molar-refractivity contribution is 5.88. The van der Waals surface area contributed by atoms with E-state index in [-0.39, 0.29) is 18.2 Å². The summed E-state index contributed by atoms with van der Waals surface area (Å²) >= 11 is 0. The van der Waals surface area contributed by atoms with Gasteiger partial charge >= 0.3 is 0 Å². The van der Waals surface area contributed by atoms with Crippen molar-refractivity contribution in [2.75, 3.05) is 6.54 Å². The molecule has 0 saturated carbocycles. The molecule has 0 bridgehead atoms. The second-order valence-electron chi connectivity index (χ2n) is 8.11. The van der Waals surface area contributed by atoms with Crippen molar-refractivity contribution in [3.05, 3.63) is 107 Å². The molecular weight excluding hydrogens is 396 g/mol. The summed E-state index contributed by atoms with van der Waals surface area (Å²) in [5.41, 5.74) is 4.14. The number of nitrogens with zero attached hydrogens (tertiary/aromatic N) is 1. The molecule has 0 saturated heterocycles. The van der Waals surface area contributed by atoms with Gasteiger partial charge in [0.1, 0.15) is 6.04 Å². The lowest BCUT2D eigenvalue weighted by Crippen LogP contribution is -2.51. The predicted molar refractivity (Wildman–Crippen MR) is 129 cm³/mol. The minimum atomic E-state index is -0.584. The van der Waals surface area contributed by atoms with E-state index in [4.69, 9.17) is 0 Å². The van der Waals surface area contributed by atoms with Gasteiger partial charge < -0.3 is 10.2 Å². The number of hydrogen-bond acceptors (Lipinski definition) is 2. The van der Waals surface area contributed by atoms with E-state index in [1.807, 2.05) is 98.8 Å². The Morgan fingerprint density at radius 2 is 1.44 bits per heavy atom. The van der Waals surface area contributed by atoms with Crippen molar-refractivity contribution < 1.29 is 9.59 Å². The van der Waals surface area contributed by atoms with Crippen LogP contribution in [0.2, 0.25) is 0 Å². The number of carbonyl (C=O) groups is 2. The van der Waals surface area contributed by atoms with E-state index in [1.165, 1.54) is 0 Å². The topological polar surface area (TPSA) is 49.4 Å². The quantitative estimate of drug-likeness (QED) is 0.509. The Labute approximate surface area is 191 Å². The zero-order valence-electron chi connectivity index (χ0n) is 19.0. The van der Waals surface area contributed by atoms with Gasteiger partial charge in [0.25, 0.3) is 0 Å². The SMILES string of the molecule is CCCNC(=O)C(Cc1ccccc1)N(Cc1ccccc1C)C(=O)Cc1ccccc1. The van der Waals surface area contributed by atoms with Gasteiger partial charge in [0, 0.05) is 19.5 Å². The van der Waals surface area contributed by atoms with Gasteiger partial charge in [-0.15, -0.1) is 0 Å². The van der Waals surface area contributed by atoms with Gasteiger partial charge in [-0.3, -0.25) is 9.59 Å². The molecule has 3 rings (SSSR count). The van der Waals surface area contributed by atoms with Gasteiger partial charge in [0.2, 0.25) is 11.8 Å². The average molecular weight is 429 g/mol. The first-order chi connectivity index (χ1) is 15.6. The molecule has 0 spiro atoms. The van der Waals surface area contributed by atoms with Crippen molar-refractivity contribution >= 4 is 11.8 Å². The molecule has 32 heavy (non-hydrogen) atoms. The molecular formula is C28H32N2O2. The van der Waals surface area contributed by atoms with E-state index in [9.17, 15) is 9.59 Å². The van der Waals surface area contributed by atoms with Crippen LogP contribution in [0.15, 0.2) is 84.9 Å². The Bertz CT molecular complexity index is 1000. The van der Waals surface area contributed by atoms with Crippen LogP contribution in [-0.4, -0.2) is 29.3 Å². The maximum Gasteiger partial charge on any atom is 0.243 e. The predicted octanol–water partition coefficient (Wildman–Crippen LogP) is 4.70. The van der Waals surface area contributed by atoms with Crippen molar-refractivity contribution in [3.8, 4) is 0 Å². The molecule has 3 aromatic rings. The first-order valence-corrected chi connectivity index (χ1v) is 11.3. The number of aryl methyl sites for hydroxylation is 1. The summed E-state index contributed by atoms with van der Waals surface area (Å²) in [6, 6.07) is 27.1. The molecule has 1 atom stereocenters. The monoisotopic (exact) mass is 428 g/mol. The molecule has 3 aromatic carbocycles. The average Bonchev–Trinajstić information content (AvgIpc) is 2.82. The highest BCUT2D eigenvalue weighted by Gasteiger charge is 2.30. The minimum absolute atomic E-state index is 0.0490. The van der Waals surface area contributed by atoms with E-state index < -0.39 is 6.04 Å². The van der Waals surface area contributed by atoms with Crippen molar-refractivity contribution in [2.45, 2.75) is 45.7 Å². The zero-order valence-corrected chi connectivity index (χ0v) is 19.0. The van der Waals surface area contributed by atoms with Crippen molar-refractivity contribution in [3.63, 3.8) is 0 Å². The summed E-state index contributed by atoms with van der Waals surface area (Å²) in [6.45, 7) is 5.06. The third kappa shape index (κ3) is 6.55. The highest BCUT2D eigenvalue weighted by atomic mass is 16.2. The van der Waals surface area contributed by atoms with E-state index >= 15 is 0 Å². The molecule has 0 radical (unpaired) electrons. The van der Waals surface area contributed by atoms with E-state index in [1.54, 1.807) is 4.90 Å². The van der Waals surface area contributed by atoms with Gasteiger partial charge in [-0.25, -0.2) is 0 Å². The largest absolute Gasteiger partial charge is 0.354 e. The van der Waals surface area contributed by atoms with Crippen LogP contribution in [-0.2, 0) is 29.0 Å². The lowest BCUT2D eigenvalue weighted by molar-refractivity contribution is -0.140. The molecule has 0 aliphatic carbocycles. The molecule has 1 unspecified atom stereocenters. The molecule has 4 nitrogen and oxygen atoms in total. The van der Waals surface area contributed by atoms with E-state index in [2.05, 4.69) is 5.32 Å². The fourth-order valence-electron chi connectivity index (χ4n) is 3.76. The van der Waals surface area contributed by atoms with Crippen LogP contribution in [0.3, 0.4) is 0 Å². The Morgan fingerprint density at radius 1 is 0.844 bits per heavy atom. The van der Waals surface area contributed by atoms with Gasteiger partial charge in [0.05, 0.1) is 6.42 Å². The van der Waals surface area contributed by atoms with Crippen molar-refractivity contribution in [2.24, 2.45) is 0 Å². The highest BCUT2D eigenvalue weighted by Crippen LogP contribution is 2.18. The van der Waals surface area contributed by atoms with Crippen LogP contribution in [0.4, 0.5) is 0 Å². The molecule has 0 aliphatic heterocycles. The Balaban J connectivity index is 1.95. The third-order valence-corrected chi connectivity index (χ3v) is 5.62. The summed E-state index contributed by atoms with van der Waals surface area (Å²) in [6.07, 6.45) is 1.58. The fraction of sp³-hybridized carbons (Fsp3) is 0.286. The number of amides is 2. The second-order valence-corrected chi connectivity index (χ2v) is 8.11. The van der Waals surface area contributed by atoms with Crippen LogP contribution in [0, 0.1) is 6.92 Å². The third-order valence-electron chi connectivity index (χ3n) is 5.62. The van der Waals surface area contributed by atoms with E-state index in [0.717, 1.165) is 28.7 Å². The first kappa shape index (κ1) is 23.3. The standard InChI is InChI=1S/C28H32N2O2/c1-3-18-29-28(32)26(19-23-13-6-4-7-14-23)30(21-25-17-11-10-12-22(25)2)27(31)20-24-15-8-5-9-16-24/h4-17,26H,3,18-21H2,1-2H3,(H,29,32). The van der Waals surface area contributed by atoms with E-state index in [0.29, 0.717) is 19.5 Å². The lowest BCUT2D eigenvalue weighted by atomic mass is 10.0. The van der Waals surface area contributed by atoms with Gasteiger partial charge in [-0.1, -0.05) is 91.9 Å². The Morgan fingerprint density at radius 3 is 2.06 bits per heavy atom. The second kappa shape index (κ2) is 11.8. The van der Waals surface area contributed by atoms with Gasteiger partial charge in [-0.2, -0.15) is 0 Å². The normalized spacial score (nSPS) is 11.6. The molecule has 0 fully saturated rings. The molecule has 4 heteroatoms. The molecule has 2 amide bonds. The van der Waals surface area contributed by atoms with Gasteiger partial charge in [-0.05, 0) is 35.6 Å².